The topological polar surface area (TPSA) is 70.4 Å². The molecule has 1 aliphatic rings. The van der Waals surface area contributed by atoms with E-state index in [1.54, 1.807) is 23.5 Å². The summed E-state index contributed by atoms with van der Waals surface area (Å²) in [5, 5.41) is 11.1. The largest absolute Gasteiger partial charge is 0.490 e. The molecule has 0 aliphatic carbocycles. The number of thiophene rings is 1. The average molecular weight is 425 g/mol. The first kappa shape index (κ1) is 19.6. The van der Waals surface area contributed by atoms with Crippen molar-refractivity contribution in [2.75, 3.05) is 13.1 Å². The molecule has 0 bridgehead atoms. The molecule has 1 aliphatic heterocycles. The SMILES string of the molecule is N#Cc1cccc(S(=O)(=O)N2CCC(Oc3cccc(-c4cccs4)c3)CC2)c1. The minimum Gasteiger partial charge on any atom is -0.490 e. The number of piperidine rings is 1. The lowest BCUT2D eigenvalue weighted by Crippen LogP contribution is -2.41. The maximum Gasteiger partial charge on any atom is 0.243 e. The minimum atomic E-state index is -3.60. The Bertz CT molecular complexity index is 1130. The second kappa shape index (κ2) is 8.37. The molecule has 1 fully saturated rings. The van der Waals surface area contributed by atoms with E-state index in [0.717, 1.165) is 11.3 Å². The molecule has 0 spiro atoms. The minimum absolute atomic E-state index is 0.0227. The van der Waals surface area contributed by atoms with Gasteiger partial charge in [0.25, 0.3) is 0 Å². The molecule has 0 N–H and O–H groups in total. The van der Waals surface area contributed by atoms with Crippen molar-refractivity contribution in [3.05, 3.63) is 71.6 Å². The molecular weight excluding hydrogens is 404 g/mol. The predicted molar refractivity (Wildman–Crippen MR) is 113 cm³/mol. The van der Waals surface area contributed by atoms with E-state index in [4.69, 9.17) is 10.00 Å². The number of nitriles is 1. The lowest BCUT2D eigenvalue weighted by atomic mass is 10.1. The molecular formula is C22H20N2O3S2. The van der Waals surface area contributed by atoms with Crippen LogP contribution in [0.3, 0.4) is 0 Å². The Morgan fingerprint density at radius 3 is 2.55 bits per heavy atom. The normalized spacial score (nSPS) is 15.7. The Labute approximate surface area is 174 Å². The van der Waals surface area contributed by atoms with Crippen LogP contribution >= 0.6 is 11.3 Å². The maximum absolute atomic E-state index is 12.9. The Balaban J connectivity index is 1.41. The number of sulfonamides is 1. The van der Waals surface area contributed by atoms with Gasteiger partial charge >= 0.3 is 0 Å². The van der Waals surface area contributed by atoms with E-state index >= 15 is 0 Å². The molecule has 1 saturated heterocycles. The zero-order valence-corrected chi connectivity index (χ0v) is 17.3. The van der Waals surface area contributed by atoms with Gasteiger partial charge in [0.05, 0.1) is 16.5 Å². The highest BCUT2D eigenvalue weighted by Crippen LogP contribution is 2.29. The van der Waals surface area contributed by atoms with Crippen LogP contribution in [0, 0.1) is 11.3 Å². The first-order valence-electron chi connectivity index (χ1n) is 9.37. The average Bonchev–Trinajstić information content (AvgIpc) is 3.29. The number of hydrogen-bond acceptors (Lipinski definition) is 5. The van der Waals surface area contributed by atoms with E-state index in [9.17, 15) is 8.42 Å². The third-order valence-corrected chi connectivity index (χ3v) is 7.76. The first-order valence-corrected chi connectivity index (χ1v) is 11.7. The molecule has 1 aromatic heterocycles. The summed E-state index contributed by atoms with van der Waals surface area (Å²) in [6, 6.07) is 20.3. The van der Waals surface area contributed by atoms with Crippen molar-refractivity contribution in [2.45, 2.75) is 23.8 Å². The van der Waals surface area contributed by atoms with Gasteiger partial charge in [0.1, 0.15) is 11.9 Å². The lowest BCUT2D eigenvalue weighted by molar-refractivity contribution is 0.135. The third-order valence-electron chi connectivity index (χ3n) is 4.94. The number of nitrogens with zero attached hydrogens (tertiary/aromatic N) is 2. The van der Waals surface area contributed by atoms with Gasteiger partial charge in [0.2, 0.25) is 10.0 Å². The van der Waals surface area contributed by atoms with Gasteiger partial charge in [-0.1, -0.05) is 24.3 Å². The molecule has 4 rings (SSSR count). The quantitative estimate of drug-likeness (QED) is 0.604. The highest BCUT2D eigenvalue weighted by molar-refractivity contribution is 7.89. The van der Waals surface area contributed by atoms with E-state index in [1.807, 2.05) is 35.7 Å². The van der Waals surface area contributed by atoms with Gasteiger partial charge in [-0.15, -0.1) is 11.3 Å². The maximum atomic E-state index is 12.9. The molecule has 0 amide bonds. The van der Waals surface area contributed by atoms with Crippen LogP contribution in [0.1, 0.15) is 18.4 Å². The highest BCUT2D eigenvalue weighted by Gasteiger charge is 2.30. The van der Waals surface area contributed by atoms with Crippen molar-refractivity contribution in [1.29, 1.82) is 5.26 Å². The number of ether oxygens (including phenoxy) is 1. The smallest absolute Gasteiger partial charge is 0.243 e. The predicted octanol–water partition coefficient (Wildman–Crippen LogP) is 4.52. The third kappa shape index (κ3) is 4.35. The fraction of sp³-hybridized carbons (Fsp3) is 0.227. The van der Waals surface area contributed by atoms with Crippen LogP contribution in [0.15, 0.2) is 70.9 Å². The molecule has 2 aromatic carbocycles. The summed E-state index contributed by atoms with van der Waals surface area (Å²) in [6.45, 7) is 0.794. The van der Waals surface area contributed by atoms with Crippen molar-refractivity contribution in [3.63, 3.8) is 0 Å². The van der Waals surface area contributed by atoms with Gasteiger partial charge in [0, 0.05) is 18.0 Å². The number of benzene rings is 2. The van der Waals surface area contributed by atoms with Crippen molar-refractivity contribution in [3.8, 4) is 22.3 Å². The van der Waals surface area contributed by atoms with Gasteiger partial charge in [-0.3, -0.25) is 0 Å². The van der Waals surface area contributed by atoms with Crippen LogP contribution < -0.4 is 4.74 Å². The van der Waals surface area contributed by atoms with E-state index in [1.165, 1.54) is 21.3 Å². The van der Waals surface area contributed by atoms with Gasteiger partial charge in [-0.05, 0) is 60.2 Å². The zero-order valence-electron chi connectivity index (χ0n) is 15.7. The Morgan fingerprint density at radius 2 is 1.83 bits per heavy atom. The van der Waals surface area contributed by atoms with E-state index in [2.05, 4.69) is 12.1 Å². The van der Waals surface area contributed by atoms with Crippen LogP contribution in [0.4, 0.5) is 0 Å². The lowest BCUT2D eigenvalue weighted by Gasteiger charge is -2.31. The van der Waals surface area contributed by atoms with E-state index in [0.29, 0.717) is 31.5 Å². The Hall–Kier alpha value is -2.66. The summed E-state index contributed by atoms with van der Waals surface area (Å²) < 4.78 is 33.4. The van der Waals surface area contributed by atoms with Crippen molar-refractivity contribution in [1.82, 2.24) is 4.31 Å². The van der Waals surface area contributed by atoms with Crippen LogP contribution in [0.5, 0.6) is 5.75 Å². The van der Waals surface area contributed by atoms with Crippen LogP contribution in [-0.4, -0.2) is 31.9 Å². The first-order chi connectivity index (χ1) is 14.1. The summed E-state index contributed by atoms with van der Waals surface area (Å²) in [5.41, 5.74) is 1.46. The van der Waals surface area contributed by atoms with E-state index in [-0.39, 0.29) is 11.0 Å². The van der Waals surface area contributed by atoms with Crippen molar-refractivity contribution < 1.29 is 13.2 Å². The molecule has 0 unspecified atom stereocenters. The summed E-state index contributed by atoms with van der Waals surface area (Å²) in [5.74, 6) is 0.805. The molecule has 0 atom stereocenters. The number of rotatable bonds is 5. The molecule has 3 aromatic rings. The van der Waals surface area contributed by atoms with Crippen LogP contribution in [0.25, 0.3) is 10.4 Å². The molecule has 29 heavy (non-hydrogen) atoms. The number of hydrogen-bond donors (Lipinski definition) is 0. The summed E-state index contributed by atoms with van der Waals surface area (Å²) in [4.78, 5) is 1.36. The second-order valence-corrected chi connectivity index (χ2v) is 9.75. The second-order valence-electron chi connectivity index (χ2n) is 6.87. The summed E-state index contributed by atoms with van der Waals surface area (Å²) in [6.07, 6.45) is 1.23. The van der Waals surface area contributed by atoms with Gasteiger partial charge in [0.15, 0.2) is 0 Å². The molecule has 5 nitrogen and oxygen atoms in total. The fourth-order valence-corrected chi connectivity index (χ4v) is 5.66. The highest BCUT2D eigenvalue weighted by atomic mass is 32.2. The van der Waals surface area contributed by atoms with Crippen LogP contribution in [0.2, 0.25) is 0 Å². The van der Waals surface area contributed by atoms with Crippen molar-refractivity contribution in [2.24, 2.45) is 0 Å². The van der Waals surface area contributed by atoms with Crippen LogP contribution in [-0.2, 0) is 10.0 Å². The summed E-state index contributed by atoms with van der Waals surface area (Å²) >= 11 is 1.69. The summed E-state index contributed by atoms with van der Waals surface area (Å²) in [7, 11) is -3.60. The zero-order chi connectivity index (χ0) is 20.3. The molecule has 148 valence electrons. The van der Waals surface area contributed by atoms with E-state index < -0.39 is 10.0 Å². The Kier molecular flexibility index (Phi) is 5.67. The monoisotopic (exact) mass is 424 g/mol. The van der Waals surface area contributed by atoms with Crippen molar-refractivity contribution >= 4 is 21.4 Å². The standard InChI is InChI=1S/C22H20N2O3S2/c23-16-17-4-1-7-21(14-17)29(25,26)24-11-9-19(10-12-24)27-20-6-2-5-18(15-20)22-8-3-13-28-22/h1-8,13-15,19H,9-12H2. The molecule has 7 heteroatoms. The molecule has 0 saturated carbocycles. The molecule has 0 radical (unpaired) electrons. The van der Waals surface area contributed by atoms with Gasteiger partial charge < -0.3 is 4.74 Å². The molecule has 2 heterocycles. The fourth-order valence-electron chi connectivity index (χ4n) is 3.42. The Morgan fingerprint density at radius 1 is 1.03 bits per heavy atom. The van der Waals surface area contributed by atoms with Gasteiger partial charge in [-0.25, -0.2) is 8.42 Å². The van der Waals surface area contributed by atoms with Gasteiger partial charge in [-0.2, -0.15) is 9.57 Å².